The van der Waals surface area contributed by atoms with E-state index >= 15 is 0 Å². The van der Waals surface area contributed by atoms with E-state index in [4.69, 9.17) is 0 Å². The Morgan fingerprint density at radius 1 is 1.04 bits per heavy atom. The summed E-state index contributed by atoms with van der Waals surface area (Å²) >= 11 is 0. The zero-order valence-corrected chi connectivity index (χ0v) is 13.2. The quantitative estimate of drug-likeness (QED) is 0.778. The second-order valence-corrected chi connectivity index (χ2v) is 5.93. The molecule has 1 fully saturated rings. The normalized spacial score (nSPS) is 16.0. The molecule has 0 amide bonds. The zero-order chi connectivity index (χ0) is 15.6. The van der Waals surface area contributed by atoms with Crippen LogP contribution in [0.15, 0.2) is 42.7 Å². The summed E-state index contributed by atoms with van der Waals surface area (Å²) in [6.45, 7) is 4.40. The molecule has 1 aromatic carbocycles. The van der Waals surface area contributed by atoms with Gasteiger partial charge in [0.2, 0.25) is 0 Å². The molecule has 0 unspecified atom stereocenters. The minimum atomic E-state index is 0.754. The third-order valence-electron chi connectivity index (χ3n) is 4.27. The lowest BCUT2D eigenvalue weighted by Crippen LogP contribution is -2.44. The molecule has 0 aliphatic carbocycles. The summed E-state index contributed by atoms with van der Waals surface area (Å²) in [5.41, 5.74) is 3.97. The van der Waals surface area contributed by atoms with Gasteiger partial charge in [0.1, 0.15) is 11.3 Å². The lowest BCUT2D eigenvalue weighted by molar-refractivity contribution is 0.313. The van der Waals surface area contributed by atoms with Gasteiger partial charge in [-0.1, -0.05) is 0 Å². The van der Waals surface area contributed by atoms with E-state index < -0.39 is 0 Å². The van der Waals surface area contributed by atoms with Crippen molar-refractivity contribution in [2.24, 2.45) is 0 Å². The second kappa shape index (κ2) is 5.89. The summed E-state index contributed by atoms with van der Waals surface area (Å²) in [4.78, 5) is 16.7. The predicted octanol–water partition coefficient (Wildman–Crippen LogP) is 2.45. The highest BCUT2D eigenvalue weighted by Crippen LogP contribution is 2.21. The SMILES string of the molecule is CN1CCN(c2ccc(Nc3cnc4[nH]ccc4n3)cc2)CC1. The topological polar surface area (TPSA) is 60.1 Å². The molecule has 23 heavy (non-hydrogen) atoms. The molecule has 0 saturated carbocycles. The van der Waals surface area contributed by atoms with Gasteiger partial charge in [-0.05, 0) is 37.4 Å². The molecule has 3 aromatic rings. The first-order valence-corrected chi connectivity index (χ1v) is 7.89. The van der Waals surface area contributed by atoms with E-state index in [2.05, 4.69) is 61.4 Å². The maximum atomic E-state index is 4.53. The van der Waals surface area contributed by atoms with Gasteiger partial charge in [-0.25, -0.2) is 9.97 Å². The van der Waals surface area contributed by atoms with E-state index in [0.717, 1.165) is 48.8 Å². The number of nitrogens with zero attached hydrogens (tertiary/aromatic N) is 4. The van der Waals surface area contributed by atoms with Crippen molar-refractivity contribution in [3.05, 3.63) is 42.7 Å². The second-order valence-electron chi connectivity index (χ2n) is 5.93. The first-order chi connectivity index (χ1) is 11.3. The lowest BCUT2D eigenvalue weighted by atomic mass is 10.2. The number of aromatic nitrogens is 3. The monoisotopic (exact) mass is 308 g/mol. The van der Waals surface area contributed by atoms with Gasteiger partial charge in [-0.3, -0.25) is 0 Å². The summed E-state index contributed by atoms with van der Waals surface area (Å²) in [6.07, 6.45) is 3.59. The van der Waals surface area contributed by atoms with Crippen LogP contribution >= 0.6 is 0 Å². The Kier molecular flexibility index (Phi) is 3.59. The fraction of sp³-hybridized carbons (Fsp3) is 0.294. The van der Waals surface area contributed by atoms with Gasteiger partial charge < -0.3 is 20.1 Å². The van der Waals surface area contributed by atoms with Crippen LogP contribution in [0.1, 0.15) is 0 Å². The summed E-state index contributed by atoms with van der Waals surface area (Å²) in [6, 6.07) is 10.4. The zero-order valence-electron chi connectivity index (χ0n) is 13.2. The molecule has 2 N–H and O–H groups in total. The van der Waals surface area contributed by atoms with Crippen LogP contribution in [-0.2, 0) is 0 Å². The van der Waals surface area contributed by atoms with Gasteiger partial charge in [-0.2, -0.15) is 0 Å². The molecular weight excluding hydrogens is 288 g/mol. The molecule has 1 aliphatic heterocycles. The first-order valence-electron chi connectivity index (χ1n) is 7.89. The number of hydrogen-bond donors (Lipinski definition) is 2. The summed E-state index contributed by atoms with van der Waals surface area (Å²) in [7, 11) is 2.17. The van der Waals surface area contributed by atoms with Crippen molar-refractivity contribution in [3.63, 3.8) is 0 Å². The Hall–Kier alpha value is -2.60. The number of rotatable bonds is 3. The maximum absolute atomic E-state index is 4.53. The smallest absolute Gasteiger partial charge is 0.156 e. The fourth-order valence-corrected chi connectivity index (χ4v) is 2.86. The van der Waals surface area contributed by atoms with Crippen molar-refractivity contribution < 1.29 is 0 Å². The summed E-state index contributed by atoms with van der Waals surface area (Å²) in [5, 5.41) is 3.31. The molecule has 0 bridgehead atoms. The predicted molar refractivity (Wildman–Crippen MR) is 93.3 cm³/mol. The van der Waals surface area contributed by atoms with Crippen molar-refractivity contribution >= 4 is 28.4 Å². The van der Waals surface area contributed by atoms with Crippen LogP contribution in [0.3, 0.4) is 0 Å². The Labute approximate surface area is 135 Å². The van der Waals surface area contributed by atoms with Crippen LogP contribution < -0.4 is 10.2 Å². The van der Waals surface area contributed by atoms with E-state index in [1.165, 1.54) is 5.69 Å². The fourth-order valence-electron chi connectivity index (χ4n) is 2.86. The van der Waals surface area contributed by atoms with Crippen LogP contribution in [-0.4, -0.2) is 53.1 Å². The van der Waals surface area contributed by atoms with E-state index in [1.807, 2.05) is 12.3 Å². The average Bonchev–Trinajstić information content (AvgIpc) is 3.04. The van der Waals surface area contributed by atoms with Crippen molar-refractivity contribution in [1.82, 2.24) is 19.9 Å². The molecular formula is C17H20N6. The highest BCUT2D eigenvalue weighted by Gasteiger charge is 2.13. The van der Waals surface area contributed by atoms with Gasteiger partial charge in [0, 0.05) is 43.8 Å². The van der Waals surface area contributed by atoms with Crippen molar-refractivity contribution in [3.8, 4) is 0 Å². The number of likely N-dealkylation sites (N-methyl/N-ethyl adjacent to an activating group) is 1. The van der Waals surface area contributed by atoms with E-state index in [0.29, 0.717) is 0 Å². The maximum Gasteiger partial charge on any atom is 0.156 e. The number of H-pyrrole nitrogens is 1. The Bertz CT molecular complexity index is 786. The summed E-state index contributed by atoms with van der Waals surface area (Å²) in [5.74, 6) is 0.754. The van der Waals surface area contributed by atoms with Crippen molar-refractivity contribution in [1.29, 1.82) is 0 Å². The standard InChI is InChI=1S/C17H20N6/c1-22-8-10-23(11-9-22)14-4-2-13(3-5-14)20-16-12-19-17-15(21-16)6-7-18-17/h2-7,12H,8-11H2,1H3,(H,18,19)(H,20,21). The number of benzene rings is 1. The van der Waals surface area contributed by atoms with Crippen LogP contribution in [0, 0.1) is 0 Å². The van der Waals surface area contributed by atoms with Gasteiger partial charge >= 0.3 is 0 Å². The van der Waals surface area contributed by atoms with Crippen LogP contribution in [0.4, 0.5) is 17.2 Å². The minimum absolute atomic E-state index is 0.754. The molecule has 0 radical (unpaired) electrons. The molecule has 1 aliphatic rings. The third kappa shape index (κ3) is 2.98. The van der Waals surface area contributed by atoms with Crippen molar-refractivity contribution in [2.45, 2.75) is 0 Å². The van der Waals surface area contributed by atoms with Gasteiger partial charge in [-0.15, -0.1) is 0 Å². The lowest BCUT2D eigenvalue weighted by Gasteiger charge is -2.34. The average molecular weight is 308 g/mol. The van der Waals surface area contributed by atoms with E-state index in [1.54, 1.807) is 6.20 Å². The van der Waals surface area contributed by atoms with Gasteiger partial charge in [0.05, 0.1) is 6.20 Å². The molecule has 0 atom stereocenters. The molecule has 2 aromatic heterocycles. The Balaban J connectivity index is 1.47. The van der Waals surface area contributed by atoms with Crippen LogP contribution in [0.5, 0.6) is 0 Å². The van der Waals surface area contributed by atoms with Gasteiger partial charge in [0.25, 0.3) is 0 Å². The largest absolute Gasteiger partial charge is 0.369 e. The third-order valence-corrected chi connectivity index (χ3v) is 4.27. The highest BCUT2D eigenvalue weighted by molar-refractivity contribution is 5.73. The van der Waals surface area contributed by atoms with Gasteiger partial charge in [0.15, 0.2) is 5.65 Å². The molecule has 1 saturated heterocycles. The number of hydrogen-bond acceptors (Lipinski definition) is 5. The van der Waals surface area contributed by atoms with Crippen LogP contribution in [0.2, 0.25) is 0 Å². The van der Waals surface area contributed by atoms with Crippen molar-refractivity contribution in [2.75, 3.05) is 43.4 Å². The Morgan fingerprint density at radius 3 is 2.61 bits per heavy atom. The summed E-state index contributed by atoms with van der Waals surface area (Å²) < 4.78 is 0. The molecule has 4 rings (SSSR count). The molecule has 118 valence electrons. The minimum Gasteiger partial charge on any atom is -0.369 e. The highest BCUT2D eigenvalue weighted by atomic mass is 15.2. The molecule has 6 nitrogen and oxygen atoms in total. The number of piperazine rings is 1. The molecule has 0 spiro atoms. The Morgan fingerprint density at radius 2 is 1.83 bits per heavy atom. The van der Waals surface area contributed by atoms with Crippen LogP contribution in [0.25, 0.3) is 11.2 Å². The number of anilines is 3. The number of aromatic amines is 1. The molecule has 6 heteroatoms. The first kappa shape index (κ1) is 14.0. The molecule has 3 heterocycles. The number of nitrogens with one attached hydrogen (secondary N) is 2. The van der Waals surface area contributed by atoms with E-state index in [-0.39, 0.29) is 0 Å². The number of fused-ring (bicyclic) bond motifs is 1. The van der Waals surface area contributed by atoms with E-state index in [9.17, 15) is 0 Å².